The van der Waals surface area contributed by atoms with Crippen molar-refractivity contribution in [2.45, 2.75) is 44.7 Å². The van der Waals surface area contributed by atoms with Gasteiger partial charge in [-0.25, -0.2) is 8.78 Å². The van der Waals surface area contributed by atoms with E-state index in [1.807, 2.05) is 12.1 Å². The Morgan fingerprint density at radius 2 is 2.10 bits per heavy atom. The number of aromatic nitrogens is 1. The number of nitrogens with two attached hydrogens (primary N) is 1. The normalized spacial score (nSPS) is 32.7. The monoisotopic (exact) mass is 394 g/mol. The van der Waals surface area contributed by atoms with Crippen molar-refractivity contribution in [3.05, 3.63) is 70.8 Å². The fourth-order valence-electron chi connectivity index (χ4n) is 6.33. The molecule has 1 saturated carbocycles. The number of rotatable bonds is 2. The van der Waals surface area contributed by atoms with Gasteiger partial charge in [-0.1, -0.05) is 19.1 Å². The highest BCUT2D eigenvalue weighted by molar-refractivity contribution is 5.93. The molecule has 1 aromatic heterocycles. The van der Waals surface area contributed by atoms with E-state index in [-0.39, 0.29) is 23.1 Å². The molecule has 1 fully saturated rings. The van der Waals surface area contributed by atoms with Crippen molar-refractivity contribution < 1.29 is 13.6 Å². The van der Waals surface area contributed by atoms with Gasteiger partial charge in [0.25, 0.3) is 0 Å². The molecule has 0 aliphatic heterocycles. The van der Waals surface area contributed by atoms with Crippen LogP contribution < -0.4 is 5.73 Å². The number of pyridine rings is 1. The molecule has 1 aromatic carbocycles. The third kappa shape index (κ3) is 2.74. The highest BCUT2D eigenvalue weighted by Crippen LogP contribution is 2.63. The zero-order valence-electron chi connectivity index (χ0n) is 16.4. The highest BCUT2D eigenvalue weighted by atomic mass is 19.1. The summed E-state index contributed by atoms with van der Waals surface area (Å²) in [7, 11) is 0. The third-order valence-corrected chi connectivity index (χ3v) is 7.55. The summed E-state index contributed by atoms with van der Waals surface area (Å²) in [6.07, 6.45) is 7.08. The highest BCUT2D eigenvalue weighted by Gasteiger charge is 2.55. The lowest BCUT2D eigenvalue weighted by Crippen LogP contribution is -2.46. The van der Waals surface area contributed by atoms with Crippen molar-refractivity contribution in [3.63, 3.8) is 0 Å². The van der Waals surface area contributed by atoms with Crippen molar-refractivity contribution in [1.82, 2.24) is 4.98 Å². The Morgan fingerprint density at radius 3 is 2.86 bits per heavy atom. The van der Waals surface area contributed by atoms with E-state index in [4.69, 9.17) is 5.73 Å². The molecule has 3 nitrogen and oxygen atoms in total. The number of hydrogen-bond donors (Lipinski definition) is 1. The van der Waals surface area contributed by atoms with Crippen molar-refractivity contribution in [2.75, 3.05) is 0 Å². The van der Waals surface area contributed by atoms with E-state index in [0.29, 0.717) is 17.9 Å². The molecule has 0 bridgehead atoms. The average Bonchev–Trinajstić information content (AvgIpc) is 3.03. The summed E-state index contributed by atoms with van der Waals surface area (Å²) in [5.74, 6) is -0.418. The van der Waals surface area contributed by atoms with Crippen LogP contribution >= 0.6 is 0 Å². The zero-order chi connectivity index (χ0) is 20.3. The van der Waals surface area contributed by atoms with Crippen LogP contribution in [0.4, 0.5) is 8.78 Å². The van der Waals surface area contributed by atoms with Crippen molar-refractivity contribution in [3.8, 4) is 0 Å². The second-order valence-electron chi connectivity index (χ2n) is 9.00. The molecule has 2 aromatic rings. The Balaban J connectivity index is 1.51. The van der Waals surface area contributed by atoms with Crippen molar-refractivity contribution >= 4 is 11.5 Å². The quantitative estimate of drug-likeness (QED) is 0.794. The number of alkyl halides is 1. The Bertz CT molecular complexity index is 1030. The van der Waals surface area contributed by atoms with E-state index in [2.05, 4.69) is 18.0 Å². The maximum Gasteiger partial charge on any atom is 0.248 e. The number of hydrogen-bond acceptors (Lipinski definition) is 2. The molecular formula is C24H24F2N2O. The van der Waals surface area contributed by atoms with Crippen molar-refractivity contribution in [1.29, 1.82) is 0 Å². The number of allylic oxidation sites excluding steroid dienone is 2. The average molecular weight is 394 g/mol. The lowest BCUT2D eigenvalue weighted by Gasteiger charge is -2.51. The second kappa shape index (κ2) is 6.48. The minimum atomic E-state index is -0.984. The van der Waals surface area contributed by atoms with Crippen LogP contribution in [0.15, 0.2) is 42.7 Å². The molecule has 0 saturated heterocycles. The first-order valence-corrected chi connectivity index (χ1v) is 10.3. The fraction of sp³-hybridized carbons (Fsp3) is 0.417. The first-order valence-electron chi connectivity index (χ1n) is 10.3. The number of halogens is 2. The molecule has 5 rings (SSSR count). The Morgan fingerprint density at radius 1 is 1.28 bits per heavy atom. The van der Waals surface area contributed by atoms with Gasteiger partial charge in [0, 0.05) is 17.7 Å². The summed E-state index contributed by atoms with van der Waals surface area (Å²) in [4.78, 5) is 15.5. The third-order valence-electron chi connectivity index (χ3n) is 7.55. The number of fused-ring (bicyclic) bond motifs is 5. The molecule has 2 N–H and O–H groups in total. The van der Waals surface area contributed by atoms with E-state index < -0.39 is 12.1 Å². The summed E-state index contributed by atoms with van der Waals surface area (Å²) in [6.45, 7) is 2.13. The maximum absolute atomic E-state index is 15.7. The molecule has 3 aliphatic carbocycles. The zero-order valence-corrected chi connectivity index (χ0v) is 16.4. The van der Waals surface area contributed by atoms with Crippen molar-refractivity contribution in [2.24, 2.45) is 23.0 Å². The second-order valence-corrected chi connectivity index (χ2v) is 9.00. The number of benzene rings is 1. The van der Waals surface area contributed by atoms with Crippen LogP contribution in [-0.4, -0.2) is 17.1 Å². The predicted molar refractivity (Wildman–Crippen MR) is 107 cm³/mol. The Kier molecular flexibility index (Phi) is 4.12. The van der Waals surface area contributed by atoms with Crippen LogP contribution in [0.1, 0.15) is 59.2 Å². The van der Waals surface area contributed by atoms with E-state index in [9.17, 15) is 9.18 Å². The van der Waals surface area contributed by atoms with Gasteiger partial charge in [0.15, 0.2) is 0 Å². The van der Waals surface area contributed by atoms with E-state index in [0.717, 1.165) is 41.5 Å². The van der Waals surface area contributed by atoms with Crippen LogP contribution in [-0.2, 0) is 6.42 Å². The summed E-state index contributed by atoms with van der Waals surface area (Å²) in [6, 6.07) is 6.97. The number of amides is 1. The number of primary amides is 1. The lowest BCUT2D eigenvalue weighted by molar-refractivity contribution is 0.0237. The number of carbonyl (C=O) groups is 1. The molecule has 5 atom stereocenters. The molecule has 1 amide bonds. The summed E-state index contributed by atoms with van der Waals surface area (Å²) < 4.78 is 29.5. The van der Waals surface area contributed by atoms with Crippen LogP contribution in [0.25, 0.3) is 5.57 Å². The molecule has 0 spiro atoms. The topological polar surface area (TPSA) is 56.0 Å². The largest absolute Gasteiger partial charge is 0.366 e. The SMILES string of the molecule is C[C@]12C[C@H](F)[C@@H]3c4ccc(C(N)=O)cc4CC[C@H]3[C@@H]1CC=C2c1cncc(F)c1. The number of nitrogens with zero attached hydrogens (tertiary/aromatic N) is 1. The predicted octanol–water partition coefficient (Wildman–Crippen LogP) is 4.82. The molecule has 150 valence electrons. The smallest absolute Gasteiger partial charge is 0.248 e. The van der Waals surface area contributed by atoms with Crippen LogP contribution in [0, 0.1) is 23.1 Å². The molecule has 5 heteroatoms. The van der Waals surface area contributed by atoms with E-state index in [1.54, 1.807) is 12.3 Å². The van der Waals surface area contributed by atoms with Gasteiger partial charge in [0.2, 0.25) is 5.91 Å². The minimum Gasteiger partial charge on any atom is -0.366 e. The summed E-state index contributed by atoms with van der Waals surface area (Å²) in [5.41, 5.74) is 9.47. The number of aryl methyl sites for hydroxylation is 1. The first-order chi connectivity index (χ1) is 13.9. The van der Waals surface area contributed by atoms with E-state index in [1.165, 1.54) is 12.3 Å². The van der Waals surface area contributed by atoms with E-state index >= 15 is 4.39 Å². The fourth-order valence-corrected chi connectivity index (χ4v) is 6.33. The molecule has 1 heterocycles. The molecular weight excluding hydrogens is 370 g/mol. The molecule has 0 unspecified atom stereocenters. The summed E-state index contributed by atoms with van der Waals surface area (Å²) >= 11 is 0. The molecule has 29 heavy (non-hydrogen) atoms. The van der Waals surface area contributed by atoms with Gasteiger partial charge in [0.1, 0.15) is 12.0 Å². The maximum atomic E-state index is 15.7. The van der Waals surface area contributed by atoms with Crippen LogP contribution in [0.3, 0.4) is 0 Å². The van der Waals surface area contributed by atoms with Crippen LogP contribution in [0.5, 0.6) is 0 Å². The molecule has 3 aliphatic rings. The minimum absolute atomic E-state index is 0.155. The molecule has 0 radical (unpaired) electrons. The Labute approximate surface area is 169 Å². The van der Waals surface area contributed by atoms with Gasteiger partial charge in [-0.3, -0.25) is 9.78 Å². The van der Waals surface area contributed by atoms with Gasteiger partial charge in [-0.15, -0.1) is 0 Å². The van der Waals surface area contributed by atoms with Gasteiger partial charge < -0.3 is 5.73 Å². The van der Waals surface area contributed by atoms with Gasteiger partial charge in [0.05, 0.1) is 6.20 Å². The van der Waals surface area contributed by atoms with Gasteiger partial charge in [-0.2, -0.15) is 0 Å². The van der Waals surface area contributed by atoms with Crippen LogP contribution in [0.2, 0.25) is 0 Å². The van der Waals surface area contributed by atoms with Gasteiger partial charge >= 0.3 is 0 Å². The summed E-state index contributed by atoms with van der Waals surface area (Å²) in [5, 5.41) is 0. The lowest BCUT2D eigenvalue weighted by atomic mass is 9.53. The standard InChI is InChI=1S/C24H24F2N2O/c1-24-10-21(26)22-17-4-3-14(23(27)29)8-13(17)2-5-18(22)20(24)7-6-19(24)15-9-16(25)12-28-11-15/h3-4,6,8-9,11-12,18,20-22H,2,5,7,10H2,1H3,(H2,27,29)/t18-,20-,21-,22+,24+/m0/s1. The number of carbonyl (C=O) groups excluding carboxylic acids is 1. The Hall–Kier alpha value is -2.56. The van der Waals surface area contributed by atoms with Gasteiger partial charge in [-0.05, 0) is 83.4 Å². The first kappa shape index (κ1) is 18.5.